The van der Waals surface area contributed by atoms with Crippen LogP contribution in [0.25, 0.3) is 0 Å². The van der Waals surface area contributed by atoms with Gasteiger partial charge in [0.25, 0.3) is 0 Å². The molecule has 1 aliphatic carbocycles. The van der Waals surface area contributed by atoms with E-state index in [1.165, 1.54) is 18.4 Å². The Morgan fingerprint density at radius 3 is 2.71 bits per heavy atom. The molecule has 0 amide bonds. The highest BCUT2D eigenvalue weighted by Crippen LogP contribution is 2.25. The van der Waals surface area contributed by atoms with Crippen LogP contribution in [0.15, 0.2) is 24.3 Å². The lowest BCUT2D eigenvalue weighted by Gasteiger charge is -2.19. The van der Waals surface area contributed by atoms with Crippen molar-refractivity contribution in [1.82, 2.24) is 5.32 Å². The van der Waals surface area contributed by atoms with Crippen LogP contribution in [-0.4, -0.2) is 19.2 Å². The second kappa shape index (κ2) is 5.09. The largest absolute Gasteiger partial charge is 0.492 e. The Morgan fingerprint density at radius 2 is 2.06 bits per heavy atom. The van der Waals surface area contributed by atoms with Gasteiger partial charge in [-0.25, -0.2) is 0 Å². The number of ether oxygens (including phenoxy) is 1. The normalized spacial score (nSPS) is 15.9. The Morgan fingerprint density at radius 1 is 1.29 bits per heavy atom. The van der Waals surface area contributed by atoms with Crippen molar-refractivity contribution in [2.45, 2.75) is 45.1 Å². The fraction of sp³-hybridized carbons (Fsp3) is 0.600. The first-order chi connectivity index (χ1) is 8.05. The zero-order valence-corrected chi connectivity index (χ0v) is 11.1. The van der Waals surface area contributed by atoms with E-state index in [-0.39, 0.29) is 5.41 Å². The van der Waals surface area contributed by atoms with Crippen LogP contribution in [0, 0.1) is 0 Å². The van der Waals surface area contributed by atoms with Crippen LogP contribution in [-0.2, 0) is 5.41 Å². The fourth-order valence-corrected chi connectivity index (χ4v) is 1.77. The molecule has 0 radical (unpaired) electrons. The molecule has 0 heterocycles. The lowest BCUT2D eigenvalue weighted by molar-refractivity contribution is 0.312. The number of hydrogen-bond donors (Lipinski definition) is 1. The number of rotatable bonds is 5. The van der Waals surface area contributed by atoms with Gasteiger partial charge in [0.1, 0.15) is 12.4 Å². The van der Waals surface area contributed by atoms with E-state index in [2.05, 4.69) is 44.3 Å². The molecule has 2 rings (SSSR count). The first-order valence-corrected chi connectivity index (χ1v) is 6.52. The van der Waals surface area contributed by atoms with Gasteiger partial charge in [0.2, 0.25) is 0 Å². The Balaban J connectivity index is 1.82. The first kappa shape index (κ1) is 12.4. The second-order valence-corrected chi connectivity index (χ2v) is 5.85. The summed E-state index contributed by atoms with van der Waals surface area (Å²) in [6.07, 6.45) is 2.67. The summed E-state index contributed by atoms with van der Waals surface area (Å²) in [5.74, 6) is 0.982. The maximum Gasteiger partial charge on any atom is 0.119 e. The number of hydrogen-bond acceptors (Lipinski definition) is 2. The molecule has 0 bridgehead atoms. The predicted octanol–water partition coefficient (Wildman–Crippen LogP) is 3.11. The van der Waals surface area contributed by atoms with Gasteiger partial charge in [-0.2, -0.15) is 0 Å². The lowest BCUT2D eigenvalue weighted by atomic mass is 9.87. The van der Waals surface area contributed by atoms with Crippen molar-refractivity contribution in [3.63, 3.8) is 0 Å². The quantitative estimate of drug-likeness (QED) is 0.789. The van der Waals surface area contributed by atoms with Crippen LogP contribution in [0.2, 0.25) is 0 Å². The molecule has 1 saturated carbocycles. The molecule has 0 aliphatic heterocycles. The van der Waals surface area contributed by atoms with E-state index < -0.39 is 0 Å². The third-order valence-corrected chi connectivity index (χ3v) is 3.08. The van der Waals surface area contributed by atoms with Crippen molar-refractivity contribution in [3.8, 4) is 5.75 Å². The van der Waals surface area contributed by atoms with Gasteiger partial charge in [0.05, 0.1) is 0 Å². The molecule has 1 aliphatic rings. The van der Waals surface area contributed by atoms with E-state index >= 15 is 0 Å². The van der Waals surface area contributed by atoms with Crippen molar-refractivity contribution in [1.29, 1.82) is 0 Å². The summed E-state index contributed by atoms with van der Waals surface area (Å²) in [6.45, 7) is 8.37. The summed E-state index contributed by atoms with van der Waals surface area (Å²) in [5.41, 5.74) is 1.51. The zero-order valence-electron chi connectivity index (χ0n) is 11.1. The molecule has 2 nitrogen and oxygen atoms in total. The van der Waals surface area contributed by atoms with E-state index in [0.717, 1.165) is 24.9 Å². The van der Waals surface area contributed by atoms with Crippen LogP contribution in [0.1, 0.15) is 39.2 Å². The second-order valence-electron chi connectivity index (χ2n) is 5.85. The molecule has 0 atom stereocenters. The monoisotopic (exact) mass is 233 g/mol. The maximum absolute atomic E-state index is 5.76. The minimum Gasteiger partial charge on any atom is -0.492 e. The molecule has 1 aromatic rings. The molecular formula is C15H23NO. The molecule has 0 unspecified atom stereocenters. The summed E-state index contributed by atoms with van der Waals surface area (Å²) >= 11 is 0. The van der Waals surface area contributed by atoms with Crippen molar-refractivity contribution < 1.29 is 4.74 Å². The molecule has 0 aromatic heterocycles. The SMILES string of the molecule is CC(C)(C)c1cccc(OCCNC2CC2)c1. The first-order valence-electron chi connectivity index (χ1n) is 6.52. The van der Waals surface area contributed by atoms with Gasteiger partial charge in [0.15, 0.2) is 0 Å². The molecule has 2 heteroatoms. The average Bonchev–Trinajstić information content (AvgIpc) is 3.08. The molecule has 1 aromatic carbocycles. The smallest absolute Gasteiger partial charge is 0.119 e. The van der Waals surface area contributed by atoms with Crippen molar-refractivity contribution in [3.05, 3.63) is 29.8 Å². The lowest BCUT2D eigenvalue weighted by Crippen LogP contribution is -2.22. The summed E-state index contributed by atoms with van der Waals surface area (Å²) in [7, 11) is 0. The fourth-order valence-electron chi connectivity index (χ4n) is 1.77. The van der Waals surface area contributed by atoms with Crippen molar-refractivity contribution in [2.24, 2.45) is 0 Å². The van der Waals surface area contributed by atoms with E-state index in [4.69, 9.17) is 4.74 Å². The Labute approximate surface area is 104 Å². The maximum atomic E-state index is 5.76. The number of benzene rings is 1. The van der Waals surface area contributed by atoms with Crippen molar-refractivity contribution in [2.75, 3.05) is 13.2 Å². The highest BCUT2D eigenvalue weighted by atomic mass is 16.5. The Bertz CT molecular complexity index is 363. The summed E-state index contributed by atoms with van der Waals surface area (Å²) in [6, 6.07) is 9.18. The molecule has 17 heavy (non-hydrogen) atoms. The van der Waals surface area contributed by atoms with E-state index in [9.17, 15) is 0 Å². The Hall–Kier alpha value is -1.02. The zero-order chi connectivity index (χ0) is 12.3. The number of nitrogens with one attached hydrogen (secondary N) is 1. The Kier molecular flexibility index (Phi) is 3.72. The molecule has 0 spiro atoms. The minimum absolute atomic E-state index is 0.186. The molecule has 1 fully saturated rings. The van der Waals surface area contributed by atoms with Crippen LogP contribution >= 0.6 is 0 Å². The van der Waals surface area contributed by atoms with E-state index in [0.29, 0.717) is 0 Å². The van der Waals surface area contributed by atoms with E-state index in [1.54, 1.807) is 0 Å². The third kappa shape index (κ3) is 4.04. The van der Waals surface area contributed by atoms with Crippen LogP contribution in [0.5, 0.6) is 5.75 Å². The van der Waals surface area contributed by atoms with Gasteiger partial charge in [-0.05, 0) is 36.0 Å². The van der Waals surface area contributed by atoms with Gasteiger partial charge in [-0.15, -0.1) is 0 Å². The molecular weight excluding hydrogens is 210 g/mol. The van der Waals surface area contributed by atoms with E-state index in [1.807, 2.05) is 6.07 Å². The average molecular weight is 233 g/mol. The molecule has 0 saturated heterocycles. The highest BCUT2D eigenvalue weighted by molar-refractivity contribution is 5.32. The third-order valence-electron chi connectivity index (χ3n) is 3.08. The van der Waals surface area contributed by atoms with Crippen LogP contribution in [0.3, 0.4) is 0 Å². The molecule has 94 valence electrons. The summed E-state index contributed by atoms with van der Waals surface area (Å²) < 4.78 is 5.76. The van der Waals surface area contributed by atoms with Crippen LogP contribution < -0.4 is 10.1 Å². The standard InChI is InChI=1S/C15H23NO/c1-15(2,3)12-5-4-6-14(11-12)17-10-9-16-13-7-8-13/h4-6,11,13,16H,7-10H2,1-3H3. The van der Waals surface area contributed by atoms with Gasteiger partial charge in [-0.1, -0.05) is 32.9 Å². The van der Waals surface area contributed by atoms with Gasteiger partial charge in [-0.3, -0.25) is 0 Å². The van der Waals surface area contributed by atoms with Crippen LogP contribution in [0.4, 0.5) is 0 Å². The summed E-state index contributed by atoms with van der Waals surface area (Å²) in [5, 5.41) is 3.45. The van der Waals surface area contributed by atoms with Crippen molar-refractivity contribution >= 4 is 0 Å². The highest BCUT2D eigenvalue weighted by Gasteiger charge is 2.19. The topological polar surface area (TPSA) is 21.3 Å². The predicted molar refractivity (Wildman–Crippen MR) is 71.7 cm³/mol. The van der Waals surface area contributed by atoms with Gasteiger partial charge >= 0.3 is 0 Å². The minimum atomic E-state index is 0.186. The summed E-state index contributed by atoms with van der Waals surface area (Å²) in [4.78, 5) is 0. The molecule has 1 N–H and O–H groups in total. The van der Waals surface area contributed by atoms with Gasteiger partial charge in [0, 0.05) is 12.6 Å². The van der Waals surface area contributed by atoms with Gasteiger partial charge < -0.3 is 10.1 Å².